The average molecular weight is 1040 g/mol. The molecule has 16 nitrogen and oxygen atoms in total. The number of hydrogen-bond acceptors (Lipinski definition) is 10. The summed E-state index contributed by atoms with van der Waals surface area (Å²) in [7, 11) is 6.60. The van der Waals surface area contributed by atoms with E-state index in [1.54, 1.807) is 51.5 Å². The molecule has 4 aromatic rings. The number of methoxy groups -OCH3 is 1. The van der Waals surface area contributed by atoms with Crippen LogP contribution in [0.25, 0.3) is 33.3 Å². The second kappa shape index (κ2) is 25.2. The summed E-state index contributed by atoms with van der Waals surface area (Å²) in [4.78, 5) is 78.9. The normalized spacial score (nSPS) is 19.3. The largest absolute Gasteiger partial charge is 0.508 e. The van der Waals surface area contributed by atoms with E-state index in [9.17, 15) is 29.1 Å². The van der Waals surface area contributed by atoms with Crippen molar-refractivity contribution in [3.05, 3.63) is 71.5 Å². The fourth-order valence-electron chi connectivity index (χ4n) is 9.96. The molecule has 2 fully saturated rings. The predicted octanol–water partition coefficient (Wildman–Crippen LogP) is 5.83. The van der Waals surface area contributed by atoms with E-state index < -0.39 is 47.2 Å². The number of fused-ring (bicyclic) bond motifs is 6. The number of aryl methyl sites for hydroxylation is 1. The molecule has 3 aliphatic rings. The zero-order valence-electron chi connectivity index (χ0n) is 41.8. The number of ether oxygens (including phenoxy) is 2. The number of esters is 1. The molecule has 386 valence electrons. The van der Waals surface area contributed by atoms with Gasteiger partial charge in [0.15, 0.2) is 0 Å². The molecule has 0 aliphatic carbocycles. The van der Waals surface area contributed by atoms with Gasteiger partial charge < -0.3 is 39.2 Å². The predicted molar refractivity (Wildman–Crippen MR) is 292 cm³/mol. The minimum absolute atomic E-state index is 0. The van der Waals surface area contributed by atoms with Gasteiger partial charge in [-0.15, -0.1) is 0 Å². The van der Waals surface area contributed by atoms with Crippen LogP contribution < -0.4 is 10.7 Å². The first kappa shape index (κ1) is 59.7. The number of cyclic esters (lactones) is 1. The van der Waals surface area contributed by atoms with Gasteiger partial charge in [0.25, 0.3) is 5.91 Å². The number of benzene rings is 2. The lowest BCUT2D eigenvalue weighted by Crippen LogP contribution is -2.62. The van der Waals surface area contributed by atoms with Crippen molar-refractivity contribution >= 4 is 94.6 Å². The number of pyridine rings is 1. The molecule has 0 radical (unpaired) electrons. The van der Waals surface area contributed by atoms with Gasteiger partial charge in [-0.3, -0.25) is 29.2 Å². The molecular formula is C50H74N8O8S4. The van der Waals surface area contributed by atoms with Crippen molar-refractivity contribution in [3.8, 4) is 28.1 Å². The minimum Gasteiger partial charge on any atom is -0.508 e. The summed E-state index contributed by atoms with van der Waals surface area (Å²) in [5, 5.41) is 16.7. The monoisotopic (exact) mass is 1040 g/mol. The summed E-state index contributed by atoms with van der Waals surface area (Å²) in [6, 6.07) is 10.3. The first-order valence-electron chi connectivity index (χ1n) is 23.1. The standard InChI is InChI=1S/C50H66N8O8.4H2S/c1-10-57-42-14-13-32-24-37(42)38(44(57)39-26-51-17-15-34(39)28-65-9)25-50(4,5)29-66-48(63)40-12-11-18-58(53-40)47(62)41(22-31-20-35(32)23-36(59)21-31)52-45(60)43(30(2)3)55(8)46(61)33-16-19-56(27-33)49(64)54(6)7;;;;/h13-15,17,20-21,23-24,26,30,33,40-41,43,53,59H,10-12,16,18-19,22,25,27-29H2,1-9H3,(H,52,60);4*1H2/t33-,40-,41-,43-;;;;/m0..../s1. The highest BCUT2D eigenvalue weighted by molar-refractivity contribution is 7.59. The van der Waals surface area contributed by atoms with E-state index in [-0.39, 0.29) is 104 Å². The zero-order valence-corrected chi connectivity index (χ0v) is 45.8. The summed E-state index contributed by atoms with van der Waals surface area (Å²) in [6.45, 7) is 12.1. The number of rotatable bonds is 9. The summed E-state index contributed by atoms with van der Waals surface area (Å²) in [6.07, 6.45) is 5.60. The quantitative estimate of drug-likeness (QED) is 0.173. The van der Waals surface area contributed by atoms with Gasteiger partial charge in [0.1, 0.15) is 23.9 Å². The van der Waals surface area contributed by atoms with Gasteiger partial charge >= 0.3 is 12.0 Å². The van der Waals surface area contributed by atoms with E-state index in [0.29, 0.717) is 50.9 Å². The van der Waals surface area contributed by atoms with Crippen LogP contribution in [-0.4, -0.2) is 137 Å². The lowest BCUT2D eigenvalue weighted by atomic mass is 9.84. The number of hydrogen-bond donors (Lipinski definition) is 3. The number of hydrazine groups is 1. The summed E-state index contributed by atoms with van der Waals surface area (Å²) < 4.78 is 14.0. The molecule has 5 amide bonds. The van der Waals surface area contributed by atoms with Crippen molar-refractivity contribution < 1.29 is 38.6 Å². The van der Waals surface area contributed by atoms with Crippen LogP contribution in [0.2, 0.25) is 0 Å². The Morgan fingerprint density at radius 3 is 2.40 bits per heavy atom. The number of phenols is 1. The fourth-order valence-corrected chi connectivity index (χ4v) is 9.96. The Labute approximate surface area is 440 Å². The summed E-state index contributed by atoms with van der Waals surface area (Å²) in [5.74, 6) is -2.57. The second-order valence-electron chi connectivity index (χ2n) is 19.4. The first-order valence-corrected chi connectivity index (χ1v) is 23.1. The van der Waals surface area contributed by atoms with Gasteiger partial charge in [-0.25, -0.2) is 10.2 Å². The topological polar surface area (TPSA) is 179 Å². The molecule has 70 heavy (non-hydrogen) atoms. The van der Waals surface area contributed by atoms with E-state index >= 15 is 0 Å². The average Bonchev–Trinajstić information content (AvgIpc) is 3.89. The molecule has 3 aliphatic heterocycles. The number of nitrogens with one attached hydrogen (secondary N) is 2. The molecule has 2 saturated heterocycles. The molecule has 0 unspecified atom stereocenters. The van der Waals surface area contributed by atoms with Crippen molar-refractivity contribution in [1.29, 1.82) is 0 Å². The van der Waals surface area contributed by atoms with E-state index in [0.717, 1.165) is 44.4 Å². The van der Waals surface area contributed by atoms with Gasteiger partial charge in [0, 0.05) is 95.1 Å². The molecule has 4 atom stereocenters. The fraction of sp³-hybridized carbons (Fsp3) is 0.520. The number of amides is 5. The van der Waals surface area contributed by atoms with Crippen LogP contribution in [0.3, 0.4) is 0 Å². The first-order chi connectivity index (χ1) is 31.4. The highest BCUT2D eigenvalue weighted by Gasteiger charge is 2.40. The number of carbonyl (C=O) groups is 5. The maximum absolute atomic E-state index is 14.7. The van der Waals surface area contributed by atoms with E-state index in [2.05, 4.69) is 53.2 Å². The Bertz CT molecular complexity index is 2500. The Morgan fingerprint density at radius 2 is 1.73 bits per heavy atom. The molecular weight excluding hydrogens is 969 g/mol. The van der Waals surface area contributed by atoms with Crippen LogP contribution in [-0.2, 0) is 54.6 Å². The van der Waals surface area contributed by atoms with Gasteiger partial charge in [0.2, 0.25) is 11.8 Å². The van der Waals surface area contributed by atoms with E-state index in [1.807, 2.05) is 38.2 Å². The molecule has 5 heterocycles. The molecule has 0 saturated carbocycles. The highest BCUT2D eigenvalue weighted by atomic mass is 32.1. The summed E-state index contributed by atoms with van der Waals surface area (Å²) in [5.41, 5.74) is 9.75. The smallest absolute Gasteiger partial charge is 0.324 e. The van der Waals surface area contributed by atoms with Gasteiger partial charge in [-0.05, 0) is 96.7 Å². The maximum Gasteiger partial charge on any atom is 0.324 e. The van der Waals surface area contributed by atoms with Crippen LogP contribution in [0.5, 0.6) is 5.75 Å². The lowest BCUT2D eigenvalue weighted by Gasteiger charge is -2.37. The third-order valence-corrected chi connectivity index (χ3v) is 13.2. The van der Waals surface area contributed by atoms with Crippen molar-refractivity contribution in [1.82, 2.24) is 40.0 Å². The number of aromatic hydroxyl groups is 1. The number of likely N-dealkylation sites (N-methyl/N-ethyl adjacent to an activating group) is 1. The Balaban J connectivity index is 0.00000324. The number of nitrogens with zero attached hydrogens (tertiary/aromatic N) is 6. The second-order valence-corrected chi connectivity index (χ2v) is 19.4. The van der Waals surface area contributed by atoms with E-state index in [4.69, 9.17) is 9.47 Å². The van der Waals surface area contributed by atoms with Crippen LogP contribution in [0, 0.1) is 17.3 Å². The van der Waals surface area contributed by atoms with Crippen LogP contribution >= 0.6 is 54.0 Å². The number of phenolic OH excluding ortho intramolecular Hbond substituents is 1. The van der Waals surface area contributed by atoms with Gasteiger partial charge in [0.05, 0.1) is 24.8 Å². The van der Waals surface area contributed by atoms with Crippen LogP contribution in [0.15, 0.2) is 54.9 Å². The molecule has 0 spiro atoms. The molecule has 7 rings (SSSR count). The molecule has 6 bridgehead atoms. The maximum atomic E-state index is 14.7. The third kappa shape index (κ3) is 12.9. The van der Waals surface area contributed by atoms with Crippen LogP contribution in [0.1, 0.15) is 70.6 Å². The number of aromatic nitrogens is 2. The Morgan fingerprint density at radius 1 is 1.00 bits per heavy atom. The van der Waals surface area contributed by atoms with Crippen LogP contribution in [0.4, 0.5) is 4.79 Å². The molecule has 3 N–H and O–H groups in total. The Hall–Kier alpha value is -4.60. The van der Waals surface area contributed by atoms with Crippen molar-refractivity contribution in [2.75, 3.05) is 54.5 Å². The molecule has 2 aromatic carbocycles. The lowest BCUT2D eigenvalue weighted by molar-refractivity contribution is -0.155. The zero-order chi connectivity index (χ0) is 47.6. The van der Waals surface area contributed by atoms with Gasteiger partial charge in [-0.2, -0.15) is 54.0 Å². The molecule has 2 aromatic heterocycles. The Kier molecular flexibility index (Phi) is 21.5. The third-order valence-electron chi connectivity index (χ3n) is 13.2. The van der Waals surface area contributed by atoms with Crippen molar-refractivity contribution in [3.63, 3.8) is 0 Å². The van der Waals surface area contributed by atoms with E-state index in [1.165, 1.54) is 14.8 Å². The SMILES string of the molecule is CCn1c(-c2cnccc2COC)c2c3cc(ccc31)-c1cc(O)cc(c1)C[C@H](NC(=O)[C@H](C(C)C)N(C)C(=O)[C@H]1CCN(C(=O)N(C)C)C1)C(=O)N1CCC[C@H](N1)C(=O)OCC(C)(C)C2.S.S.S.S. The van der Waals surface area contributed by atoms with Gasteiger partial charge in [-0.1, -0.05) is 39.8 Å². The highest BCUT2D eigenvalue weighted by Crippen LogP contribution is 2.41. The summed E-state index contributed by atoms with van der Waals surface area (Å²) >= 11 is 0. The number of urea groups is 1. The van der Waals surface area contributed by atoms with Crippen molar-refractivity contribution in [2.45, 2.75) is 98.0 Å². The molecule has 20 heteroatoms. The number of carbonyl (C=O) groups excluding carboxylic acids is 5. The van der Waals surface area contributed by atoms with Crippen molar-refractivity contribution in [2.24, 2.45) is 17.3 Å². The minimum atomic E-state index is -1.16. The number of likely N-dealkylation sites (tertiary alicyclic amines) is 1.